The Hall–Kier alpha value is -1.92. The molecule has 0 saturated heterocycles. The molecule has 1 N–H and O–H groups in total. The molecule has 0 aliphatic rings. The summed E-state index contributed by atoms with van der Waals surface area (Å²) >= 11 is 1.44. The van der Waals surface area contributed by atoms with E-state index in [1.165, 1.54) is 11.3 Å². The molecule has 0 aliphatic heterocycles. The van der Waals surface area contributed by atoms with E-state index in [-0.39, 0.29) is 5.91 Å². The zero-order valence-corrected chi connectivity index (χ0v) is 13.1. The Balaban J connectivity index is 2.16. The van der Waals surface area contributed by atoms with Gasteiger partial charge in [0.15, 0.2) is 5.13 Å². The van der Waals surface area contributed by atoms with Gasteiger partial charge in [-0.3, -0.25) is 10.1 Å². The van der Waals surface area contributed by atoms with Crippen LogP contribution < -0.4 is 10.1 Å². The van der Waals surface area contributed by atoms with Crippen molar-refractivity contribution in [2.75, 3.05) is 19.0 Å². The van der Waals surface area contributed by atoms with Gasteiger partial charge in [-0.15, -0.1) is 11.3 Å². The smallest absolute Gasteiger partial charge is 0.257 e. The van der Waals surface area contributed by atoms with Crippen LogP contribution in [0.3, 0.4) is 0 Å². The Morgan fingerprint density at radius 3 is 2.86 bits per heavy atom. The lowest BCUT2D eigenvalue weighted by atomic mass is 10.1. The summed E-state index contributed by atoms with van der Waals surface area (Å²) in [6.07, 6.45) is 1.73. The first-order chi connectivity index (χ1) is 10.1. The van der Waals surface area contributed by atoms with E-state index in [9.17, 15) is 4.79 Å². The Morgan fingerprint density at radius 1 is 1.43 bits per heavy atom. The van der Waals surface area contributed by atoms with Gasteiger partial charge in [0, 0.05) is 28.8 Å². The van der Waals surface area contributed by atoms with Crippen LogP contribution in [0.1, 0.15) is 27.7 Å². The van der Waals surface area contributed by atoms with Crippen LogP contribution in [0.2, 0.25) is 0 Å². The molecule has 0 spiro atoms. The number of rotatable bonds is 6. The van der Waals surface area contributed by atoms with Gasteiger partial charge in [0.25, 0.3) is 5.91 Å². The standard InChI is InChI=1S/C15H18N2O3S/c1-4-20-9-12-7-11(5-6-13(12)19-3)14(18)17-15-16-8-10(2)21-15/h5-8H,4,9H2,1-3H3,(H,16,17,18). The minimum absolute atomic E-state index is 0.190. The predicted octanol–water partition coefficient (Wildman–Crippen LogP) is 3.25. The maximum absolute atomic E-state index is 12.2. The normalized spacial score (nSPS) is 10.4. The SMILES string of the molecule is CCOCc1cc(C(=O)Nc2ncc(C)s2)ccc1OC. The Kier molecular flexibility index (Phi) is 5.30. The number of ether oxygens (including phenoxy) is 2. The van der Waals surface area contributed by atoms with Gasteiger partial charge in [-0.05, 0) is 32.0 Å². The van der Waals surface area contributed by atoms with Gasteiger partial charge in [0.05, 0.1) is 13.7 Å². The fourth-order valence-electron chi connectivity index (χ4n) is 1.83. The number of nitrogens with one attached hydrogen (secondary N) is 1. The summed E-state index contributed by atoms with van der Waals surface area (Å²) in [4.78, 5) is 17.4. The topological polar surface area (TPSA) is 60.5 Å². The third kappa shape index (κ3) is 4.03. The maximum Gasteiger partial charge on any atom is 0.257 e. The quantitative estimate of drug-likeness (QED) is 0.890. The second-order valence-electron chi connectivity index (χ2n) is 4.39. The Bertz CT molecular complexity index is 625. The van der Waals surface area contributed by atoms with Gasteiger partial charge in [-0.1, -0.05) is 0 Å². The molecule has 1 aromatic carbocycles. The number of benzene rings is 1. The number of carbonyl (C=O) groups excluding carboxylic acids is 1. The molecule has 2 rings (SSSR count). The number of methoxy groups -OCH3 is 1. The average molecular weight is 306 g/mol. The molecule has 6 heteroatoms. The van der Waals surface area contributed by atoms with Gasteiger partial charge in [0.2, 0.25) is 0 Å². The molecule has 0 bridgehead atoms. The Labute approximate surface area is 127 Å². The molecule has 0 radical (unpaired) electrons. The third-order valence-corrected chi connectivity index (χ3v) is 3.67. The van der Waals surface area contributed by atoms with E-state index < -0.39 is 0 Å². The molecule has 5 nitrogen and oxygen atoms in total. The van der Waals surface area contributed by atoms with Crippen molar-refractivity contribution in [2.24, 2.45) is 0 Å². The van der Waals surface area contributed by atoms with Crippen LogP contribution >= 0.6 is 11.3 Å². The summed E-state index contributed by atoms with van der Waals surface area (Å²) < 4.78 is 10.7. The number of hydrogen-bond acceptors (Lipinski definition) is 5. The first-order valence-electron chi connectivity index (χ1n) is 6.62. The second-order valence-corrected chi connectivity index (χ2v) is 5.63. The van der Waals surface area contributed by atoms with E-state index in [0.29, 0.717) is 29.7 Å². The van der Waals surface area contributed by atoms with Crippen molar-refractivity contribution < 1.29 is 14.3 Å². The van der Waals surface area contributed by atoms with Crippen molar-refractivity contribution in [2.45, 2.75) is 20.5 Å². The first kappa shape index (κ1) is 15.5. The van der Waals surface area contributed by atoms with Gasteiger partial charge in [-0.25, -0.2) is 4.98 Å². The van der Waals surface area contributed by atoms with E-state index in [2.05, 4.69) is 10.3 Å². The number of aromatic nitrogens is 1. The molecule has 1 aromatic heterocycles. The van der Waals surface area contributed by atoms with Gasteiger partial charge in [0.1, 0.15) is 5.75 Å². The number of nitrogens with zero attached hydrogens (tertiary/aromatic N) is 1. The van der Waals surface area contributed by atoms with E-state index in [4.69, 9.17) is 9.47 Å². The molecule has 0 unspecified atom stereocenters. The summed E-state index contributed by atoms with van der Waals surface area (Å²) in [6.45, 7) is 4.89. The van der Waals surface area contributed by atoms with Crippen molar-refractivity contribution in [3.63, 3.8) is 0 Å². The minimum atomic E-state index is -0.190. The van der Waals surface area contributed by atoms with Gasteiger partial charge < -0.3 is 9.47 Å². The largest absolute Gasteiger partial charge is 0.496 e. The van der Waals surface area contributed by atoms with E-state index >= 15 is 0 Å². The van der Waals surface area contributed by atoms with Gasteiger partial charge in [-0.2, -0.15) is 0 Å². The van der Waals surface area contributed by atoms with Gasteiger partial charge >= 0.3 is 0 Å². The van der Waals surface area contributed by atoms with E-state index in [0.717, 1.165) is 10.4 Å². The molecule has 0 fully saturated rings. The summed E-state index contributed by atoms with van der Waals surface area (Å²) in [5.41, 5.74) is 1.40. The van der Waals surface area contributed by atoms with Crippen molar-refractivity contribution in [3.05, 3.63) is 40.4 Å². The minimum Gasteiger partial charge on any atom is -0.496 e. The average Bonchev–Trinajstić information content (AvgIpc) is 2.89. The van der Waals surface area contributed by atoms with E-state index in [1.807, 2.05) is 13.8 Å². The number of carbonyl (C=O) groups is 1. The van der Waals surface area contributed by atoms with Crippen LogP contribution in [-0.4, -0.2) is 24.6 Å². The molecule has 1 amide bonds. The van der Waals surface area contributed by atoms with Crippen LogP contribution in [-0.2, 0) is 11.3 Å². The second kappa shape index (κ2) is 7.19. The highest BCUT2D eigenvalue weighted by Gasteiger charge is 2.12. The Morgan fingerprint density at radius 2 is 2.24 bits per heavy atom. The highest BCUT2D eigenvalue weighted by atomic mass is 32.1. The van der Waals surface area contributed by atoms with Crippen molar-refractivity contribution in [3.8, 4) is 5.75 Å². The lowest BCUT2D eigenvalue weighted by Crippen LogP contribution is -2.12. The van der Waals surface area contributed by atoms with Crippen LogP contribution in [0.5, 0.6) is 5.75 Å². The number of hydrogen-bond donors (Lipinski definition) is 1. The maximum atomic E-state index is 12.2. The summed E-state index contributed by atoms with van der Waals surface area (Å²) in [6, 6.07) is 5.28. The molecule has 0 saturated carbocycles. The zero-order valence-electron chi connectivity index (χ0n) is 12.3. The molecule has 2 aromatic rings. The molecule has 0 aliphatic carbocycles. The van der Waals surface area contributed by atoms with E-state index in [1.54, 1.807) is 31.5 Å². The lowest BCUT2D eigenvalue weighted by molar-refractivity contribution is 0.102. The number of anilines is 1. The molecular weight excluding hydrogens is 288 g/mol. The molecule has 112 valence electrons. The van der Waals surface area contributed by atoms with Crippen LogP contribution in [0.4, 0.5) is 5.13 Å². The summed E-state index contributed by atoms with van der Waals surface area (Å²) in [5.74, 6) is 0.523. The van der Waals surface area contributed by atoms with Crippen molar-refractivity contribution in [1.82, 2.24) is 4.98 Å². The van der Waals surface area contributed by atoms with Crippen LogP contribution in [0, 0.1) is 6.92 Å². The summed E-state index contributed by atoms with van der Waals surface area (Å²) in [5, 5.41) is 3.38. The van der Waals surface area contributed by atoms with Crippen LogP contribution in [0.15, 0.2) is 24.4 Å². The van der Waals surface area contributed by atoms with Crippen molar-refractivity contribution in [1.29, 1.82) is 0 Å². The fourth-order valence-corrected chi connectivity index (χ4v) is 2.49. The fraction of sp³-hybridized carbons (Fsp3) is 0.333. The molecule has 1 heterocycles. The third-order valence-electron chi connectivity index (χ3n) is 2.85. The van der Waals surface area contributed by atoms with Crippen LogP contribution in [0.25, 0.3) is 0 Å². The summed E-state index contributed by atoms with van der Waals surface area (Å²) in [7, 11) is 1.60. The van der Waals surface area contributed by atoms with Crippen molar-refractivity contribution >= 4 is 22.4 Å². The monoisotopic (exact) mass is 306 g/mol. The highest BCUT2D eigenvalue weighted by Crippen LogP contribution is 2.22. The number of thiazole rings is 1. The molecule has 21 heavy (non-hydrogen) atoms. The predicted molar refractivity (Wildman–Crippen MR) is 83.1 cm³/mol. The highest BCUT2D eigenvalue weighted by molar-refractivity contribution is 7.15. The first-order valence-corrected chi connectivity index (χ1v) is 7.44. The lowest BCUT2D eigenvalue weighted by Gasteiger charge is -2.10. The zero-order chi connectivity index (χ0) is 15.2. The molecule has 0 atom stereocenters. The number of aryl methyl sites for hydroxylation is 1. The molecular formula is C15H18N2O3S. The number of amides is 1.